The number of carbonyl (C=O) groups is 1. The minimum Gasteiger partial charge on any atom is -0.490 e. The van der Waals surface area contributed by atoms with Crippen molar-refractivity contribution in [3.8, 4) is 11.5 Å². The van der Waals surface area contributed by atoms with Crippen molar-refractivity contribution in [1.82, 2.24) is 4.90 Å². The van der Waals surface area contributed by atoms with E-state index in [2.05, 4.69) is 0 Å². The Morgan fingerprint density at radius 1 is 1.18 bits per heavy atom. The van der Waals surface area contributed by atoms with Gasteiger partial charge in [0, 0.05) is 38.9 Å². The van der Waals surface area contributed by atoms with E-state index >= 15 is 0 Å². The molecule has 0 N–H and O–H groups in total. The Hall–Kier alpha value is -2.55. The Morgan fingerprint density at radius 3 is 2.36 bits per heavy atom. The van der Waals surface area contributed by atoms with Gasteiger partial charge in [0.15, 0.2) is 11.5 Å². The summed E-state index contributed by atoms with van der Waals surface area (Å²) in [6, 6.07) is 3.10. The summed E-state index contributed by atoms with van der Waals surface area (Å²) in [5.41, 5.74) is 0.465. The number of ether oxygens (including phenoxy) is 3. The molecule has 2 heterocycles. The first kappa shape index (κ1) is 20.2. The Balaban J connectivity index is 1.78. The number of amides is 1. The average Bonchev–Trinajstić information content (AvgIpc) is 3.23. The van der Waals surface area contributed by atoms with Gasteiger partial charge in [0.1, 0.15) is 11.8 Å². The van der Waals surface area contributed by atoms with Gasteiger partial charge in [-0.2, -0.15) is 0 Å². The van der Waals surface area contributed by atoms with Crippen LogP contribution < -0.4 is 14.4 Å². The third kappa shape index (κ3) is 4.30. The lowest BCUT2D eigenvalue weighted by atomic mass is 10.1. The van der Waals surface area contributed by atoms with Crippen LogP contribution in [0.5, 0.6) is 11.5 Å². The molecule has 3 rings (SSSR count). The summed E-state index contributed by atoms with van der Waals surface area (Å²) in [5.74, 6) is 0.878. The summed E-state index contributed by atoms with van der Waals surface area (Å²) >= 11 is 0. The fourth-order valence-electron chi connectivity index (χ4n) is 3.62. The molecular formula is C19H27N3O6. The largest absolute Gasteiger partial charge is 0.490 e. The first-order valence-corrected chi connectivity index (χ1v) is 9.78. The van der Waals surface area contributed by atoms with E-state index in [4.69, 9.17) is 14.2 Å². The number of hydrogen-bond acceptors (Lipinski definition) is 7. The lowest BCUT2D eigenvalue weighted by molar-refractivity contribution is -0.384. The molecule has 0 aromatic heterocycles. The molecule has 0 spiro atoms. The lowest BCUT2D eigenvalue weighted by Crippen LogP contribution is -2.51. The number of rotatable bonds is 7. The van der Waals surface area contributed by atoms with E-state index in [1.165, 1.54) is 6.07 Å². The fraction of sp³-hybridized carbons (Fsp3) is 0.632. The monoisotopic (exact) mass is 393 g/mol. The number of nitro benzene ring substituents is 1. The summed E-state index contributed by atoms with van der Waals surface area (Å²) in [7, 11) is 0. The highest BCUT2D eigenvalue weighted by Crippen LogP contribution is 2.40. The smallest absolute Gasteiger partial charge is 0.296 e. The Bertz CT molecular complexity index is 712. The van der Waals surface area contributed by atoms with Crippen LogP contribution in [0.4, 0.5) is 11.4 Å². The maximum Gasteiger partial charge on any atom is 0.296 e. The van der Waals surface area contributed by atoms with Gasteiger partial charge < -0.3 is 24.0 Å². The van der Waals surface area contributed by atoms with E-state index in [1.807, 2.05) is 18.7 Å². The molecule has 1 aromatic carbocycles. The summed E-state index contributed by atoms with van der Waals surface area (Å²) in [4.78, 5) is 27.5. The van der Waals surface area contributed by atoms with E-state index in [9.17, 15) is 14.9 Å². The summed E-state index contributed by atoms with van der Waals surface area (Å²) < 4.78 is 16.6. The molecule has 1 amide bonds. The summed E-state index contributed by atoms with van der Waals surface area (Å²) in [5, 5.41) is 11.6. The van der Waals surface area contributed by atoms with Crippen LogP contribution in [-0.2, 0) is 9.53 Å². The van der Waals surface area contributed by atoms with E-state index in [0.29, 0.717) is 63.2 Å². The van der Waals surface area contributed by atoms with Crippen molar-refractivity contribution in [3.05, 3.63) is 22.2 Å². The molecule has 28 heavy (non-hydrogen) atoms. The zero-order valence-corrected chi connectivity index (χ0v) is 16.4. The number of hydrogen-bond donors (Lipinski definition) is 0. The normalized spacial score (nSPS) is 19.6. The molecule has 1 atom stereocenters. The maximum atomic E-state index is 12.5. The van der Waals surface area contributed by atoms with Crippen LogP contribution >= 0.6 is 0 Å². The van der Waals surface area contributed by atoms with Gasteiger partial charge >= 0.3 is 0 Å². The highest BCUT2D eigenvalue weighted by atomic mass is 16.6. The molecular weight excluding hydrogens is 366 g/mol. The highest BCUT2D eigenvalue weighted by molar-refractivity contribution is 5.81. The van der Waals surface area contributed by atoms with Crippen molar-refractivity contribution in [3.63, 3.8) is 0 Å². The highest BCUT2D eigenvalue weighted by Gasteiger charge is 2.32. The van der Waals surface area contributed by atoms with E-state index < -0.39 is 4.92 Å². The van der Waals surface area contributed by atoms with Crippen LogP contribution in [-0.4, -0.2) is 67.8 Å². The second-order valence-electron chi connectivity index (χ2n) is 6.72. The van der Waals surface area contributed by atoms with Crippen molar-refractivity contribution in [2.24, 2.45) is 0 Å². The molecule has 1 aromatic rings. The standard InChI is InChI=1S/C19H27N3O6/c1-3-26-17-12-14(15(22(24)25)13-18(17)27-4-2)20-7-9-21(10-8-20)19(23)16-6-5-11-28-16/h12-13,16H,3-11H2,1-2H3. The Morgan fingerprint density at radius 2 is 1.82 bits per heavy atom. The predicted octanol–water partition coefficient (Wildman–Crippen LogP) is 2.22. The third-order valence-corrected chi connectivity index (χ3v) is 4.97. The van der Waals surface area contributed by atoms with E-state index in [-0.39, 0.29) is 17.7 Å². The fourth-order valence-corrected chi connectivity index (χ4v) is 3.62. The van der Waals surface area contributed by atoms with Gasteiger partial charge in [-0.1, -0.05) is 0 Å². The molecule has 2 aliphatic rings. The molecule has 0 radical (unpaired) electrons. The van der Waals surface area contributed by atoms with Gasteiger partial charge in [-0.05, 0) is 26.7 Å². The van der Waals surface area contributed by atoms with Crippen LogP contribution in [0.3, 0.4) is 0 Å². The van der Waals surface area contributed by atoms with Gasteiger partial charge in [0.25, 0.3) is 11.6 Å². The maximum absolute atomic E-state index is 12.5. The van der Waals surface area contributed by atoms with Crippen LogP contribution in [0.25, 0.3) is 0 Å². The number of anilines is 1. The first-order chi connectivity index (χ1) is 13.5. The molecule has 2 saturated heterocycles. The number of carbonyl (C=O) groups excluding carboxylic acids is 1. The average molecular weight is 393 g/mol. The molecule has 9 heteroatoms. The number of piperazine rings is 1. The van der Waals surface area contributed by atoms with E-state index in [1.54, 1.807) is 11.0 Å². The summed E-state index contributed by atoms with van der Waals surface area (Å²) in [6.45, 7) is 7.17. The van der Waals surface area contributed by atoms with Crippen molar-refractivity contribution in [1.29, 1.82) is 0 Å². The molecule has 2 fully saturated rings. The predicted molar refractivity (Wildman–Crippen MR) is 103 cm³/mol. The van der Waals surface area contributed by atoms with Crippen LogP contribution in [0, 0.1) is 10.1 Å². The molecule has 0 bridgehead atoms. The zero-order chi connectivity index (χ0) is 20.1. The minimum absolute atomic E-state index is 0.0216. The van der Waals surface area contributed by atoms with Crippen molar-refractivity contribution in [2.75, 3.05) is 50.9 Å². The molecule has 0 saturated carbocycles. The van der Waals surface area contributed by atoms with Crippen LogP contribution in [0.2, 0.25) is 0 Å². The quantitative estimate of drug-likeness (QED) is 0.518. The number of nitrogens with zero attached hydrogens (tertiary/aromatic N) is 3. The Labute approximate surface area is 164 Å². The second kappa shape index (κ2) is 9.09. The molecule has 1 unspecified atom stereocenters. The number of nitro groups is 1. The van der Waals surface area contributed by atoms with Gasteiger partial charge in [0.05, 0.1) is 24.2 Å². The lowest BCUT2D eigenvalue weighted by Gasteiger charge is -2.36. The molecule has 0 aliphatic carbocycles. The summed E-state index contributed by atoms with van der Waals surface area (Å²) in [6.07, 6.45) is 1.34. The van der Waals surface area contributed by atoms with Gasteiger partial charge in [-0.15, -0.1) is 0 Å². The van der Waals surface area contributed by atoms with Gasteiger partial charge in [-0.3, -0.25) is 14.9 Å². The topological polar surface area (TPSA) is 94.4 Å². The third-order valence-electron chi connectivity index (χ3n) is 4.97. The van der Waals surface area contributed by atoms with Gasteiger partial charge in [-0.25, -0.2) is 0 Å². The second-order valence-corrected chi connectivity index (χ2v) is 6.72. The number of benzene rings is 1. The SMILES string of the molecule is CCOc1cc(N2CCN(C(=O)C3CCCO3)CC2)c([N+](=O)[O-])cc1OCC. The molecule has 2 aliphatic heterocycles. The molecule has 9 nitrogen and oxygen atoms in total. The minimum atomic E-state index is -0.405. The van der Waals surface area contributed by atoms with Gasteiger partial charge in [0.2, 0.25) is 0 Å². The Kier molecular flexibility index (Phi) is 6.56. The molecule has 154 valence electrons. The van der Waals surface area contributed by atoms with Crippen LogP contribution in [0.15, 0.2) is 12.1 Å². The van der Waals surface area contributed by atoms with E-state index in [0.717, 1.165) is 12.8 Å². The first-order valence-electron chi connectivity index (χ1n) is 9.78. The van der Waals surface area contributed by atoms with Crippen molar-refractivity contribution < 1.29 is 23.9 Å². The van der Waals surface area contributed by atoms with Crippen LogP contribution in [0.1, 0.15) is 26.7 Å². The van der Waals surface area contributed by atoms with Crippen molar-refractivity contribution >= 4 is 17.3 Å². The zero-order valence-electron chi connectivity index (χ0n) is 16.4. The van der Waals surface area contributed by atoms with Crippen molar-refractivity contribution in [2.45, 2.75) is 32.8 Å².